The summed E-state index contributed by atoms with van der Waals surface area (Å²) in [6.45, 7) is 3.59. The molecule has 1 N–H and O–H groups in total. The number of hydrogen-bond donors (Lipinski definition) is 1. The molecule has 1 aliphatic rings. The van der Waals surface area contributed by atoms with Gasteiger partial charge in [0.25, 0.3) is 5.91 Å². The summed E-state index contributed by atoms with van der Waals surface area (Å²) in [6.07, 6.45) is 2.40. The number of ether oxygens (including phenoxy) is 2. The Hall–Kier alpha value is -2.64. The van der Waals surface area contributed by atoms with Gasteiger partial charge in [0.05, 0.1) is 5.69 Å². The first kappa shape index (κ1) is 21.1. The van der Waals surface area contributed by atoms with E-state index in [4.69, 9.17) is 9.47 Å². The summed E-state index contributed by atoms with van der Waals surface area (Å²) >= 11 is 3.48. The number of fused-ring (bicyclic) bond motifs is 1. The average Bonchev–Trinajstić information content (AvgIpc) is 2.72. The van der Waals surface area contributed by atoms with Crippen LogP contribution in [0.4, 0.5) is 5.69 Å². The summed E-state index contributed by atoms with van der Waals surface area (Å²) in [5.41, 5.74) is 1.39. The molecule has 1 heterocycles. The molecule has 0 aliphatic carbocycles. The third kappa shape index (κ3) is 5.46. The minimum atomic E-state index is -0.357. The second-order valence-electron chi connectivity index (χ2n) is 6.39. The highest BCUT2D eigenvalue weighted by Gasteiger charge is 2.31. The van der Waals surface area contributed by atoms with Gasteiger partial charge in [0.1, 0.15) is 6.54 Å². The van der Waals surface area contributed by atoms with Gasteiger partial charge < -0.3 is 14.8 Å². The Morgan fingerprint density at radius 3 is 2.76 bits per heavy atom. The van der Waals surface area contributed by atoms with E-state index >= 15 is 0 Å². The third-order valence-electron chi connectivity index (χ3n) is 4.32. The number of nitrogens with one attached hydrogen (secondary N) is 1. The van der Waals surface area contributed by atoms with Crippen molar-refractivity contribution in [1.29, 1.82) is 0 Å². The Morgan fingerprint density at radius 2 is 1.97 bits per heavy atom. The summed E-state index contributed by atoms with van der Waals surface area (Å²) in [4.78, 5) is 26.9. The number of carbonyl (C=O) groups is 2. The maximum Gasteiger partial charge on any atom is 0.294 e. The van der Waals surface area contributed by atoms with Gasteiger partial charge in [-0.05, 0) is 43.2 Å². The molecule has 7 heteroatoms. The van der Waals surface area contributed by atoms with Gasteiger partial charge in [-0.2, -0.15) is 0 Å². The molecule has 3 rings (SSSR count). The Bertz CT molecular complexity index is 913. The van der Waals surface area contributed by atoms with E-state index in [9.17, 15) is 9.59 Å². The first-order chi connectivity index (χ1) is 14.1. The van der Waals surface area contributed by atoms with Gasteiger partial charge in [-0.15, -0.1) is 0 Å². The number of rotatable bonds is 8. The van der Waals surface area contributed by atoms with Crippen molar-refractivity contribution >= 4 is 39.5 Å². The molecule has 0 bridgehead atoms. The Morgan fingerprint density at radius 1 is 1.21 bits per heavy atom. The van der Waals surface area contributed by atoms with Gasteiger partial charge in [0.15, 0.2) is 11.5 Å². The molecule has 2 aromatic rings. The van der Waals surface area contributed by atoms with Crippen molar-refractivity contribution < 1.29 is 19.1 Å². The van der Waals surface area contributed by atoms with Crippen molar-refractivity contribution in [1.82, 2.24) is 5.32 Å². The molecule has 0 aromatic heterocycles. The van der Waals surface area contributed by atoms with Crippen molar-refractivity contribution in [3.63, 3.8) is 0 Å². The molecule has 0 spiro atoms. The Balaban J connectivity index is 1.77. The minimum absolute atomic E-state index is 0.0822. The number of carbonyl (C=O) groups excluding carboxylic acids is 2. The molecular weight excluding hydrogens is 436 g/mol. The molecule has 0 fully saturated rings. The lowest BCUT2D eigenvalue weighted by atomic mass is 10.1. The molecule has 0 unspecified atom stereocenters. The standard InChI is InChI=1S/C22H23BrN2O4/c1-2-28-13-7-12-24-21(26)15-25-18-10-5-6-11-19(18)29-20(22(25)27)14-16-8-3-4-9-17(16)23/h3-6,8-11,14H,2,7,12-13,15H2,1H3,(H,24,26)/b20-14+. The van der Waals surface area contributed by atoms with E-state index in [0.717, 1.165) is 16.5 Å². The third-order valence-corrected chi connectivity index (χ3v) is 5.04. The number of anilines is 1. The van der Waals surface area contributed by atoms with Crippen molar-refractivity contribution in [3.05, 3.63) is 64.3 Å². The predicted molar refractivity (Wildman–Crippen MR) is 116 cm³/mol. The van der Waals surface area contributed by atoms with Crippen LogP contribution >= 0.6 is 15.9 Å². The quantitative estimate of drug-likeness (QED) is 0.482. The lowest BCUT2D eigenvalue weighted by Crippen LogP contribution is -2.44. The zero-order chi connectivity index (χ0) is 20.6. The summed E-state index contributed by atoms with van der Waals surface area (Å²) in [7, 11) is 0. The number of halogens is 1. The summed E-state index contributed by atoms with van der Waals surface area (Å²) in [5.74, 6) is 0.116. The van der Waals surface area contributed by atoms with E-state index < -0.39 is 0 Å². The van der Waals surface area contributed by atoms with E-state index in [1.807, 2.05) is 43.3 Å². The monoisotopic (exact) mass is 458 g/mol. The van der Waals surface area contributed by atoms with E-state index in [-0.39, 0.29) is 24.1 Å². The lowest BCUT2D eigenvalue weighted by molar-refractivity contribution is -0.123. The highest BCUT2D eigenvalue weighted by molar-refractivity contribution is 9.10. The van der Waals surface area contributed by atoms with E-state index in [1.54, 1.807) is 18.2 Å². The van der Waals surface area contributed by atoms with Gasteiger partial charge in [-0.3, -0.25) is 14.5 Å². The number of amides is 2. The smallest absolute Gasteiger partial charge is 0.294 e. The maximum absolute atomic E-state index is 13.1. The zero-order valence-electron chi connectivity index (χ0n) is 16.2. The maximum atomic E-state index is 13.1. The van der Waals surface area contributed by atoms with Crippen molar-refractivity contribution in [2.45, 2.75) is 13.3 Å². The number of hydrogen-bond acceptors (Lipinski definition) is 4. The van der Waals surface area contributed by atoms with Crippen LogP contribution in [0.1, 0.15) is 18.9 Å². The molecule has 6 nitrogen and oxygen atoms in total. The Kier molecular flexibility index (Phi) is 7.43. The molecule has 1 aliphatic heterocycles. The topological polar surface area (TPSA) is 67.9 Å². The van der Waals surface area contributed by atoms with Gasteiger partial charge >= 0.3 is 0 Å². The van der Waals surface area contributed by atoms with Crippen molar-refractivity contribution in [2.75, 3.05) is 31.2 Å². The minimum Gasteiger partial charge on any atom is -0.449 e. The molecule has 152 valence electrons. The van der Waals surface area contributed by atoms with E-state index in [1.165, 1.54) is 4.90 Å². The van der Waals surface area contributed by atoms with Crippen LogP contribution in [0, 0.1) is 0 Å². The molecule has 0 saturated heterocycles. The highest BCUT2D eigenvalue weighted by atomic mass is 79.9. The van der Waals surface area contributed by atoms with Gasteiger partial charge in [-0.1, -0.05) is 46.3 Å². The van der Waals surface area contributed by atoms with Crippen LogP contribution in [0.2, 0.25) is 0 Å². The van der Waals surface area contributed by atoms with Crippen molar-refractivity contribution in [3.8, 4) is 5.75 Å². The summed E-state index contributed by atoms with van der Waals surface area (Å²) < 4.78 is 12.0. The normalized spacial score (nSPS) is 14.5. The molecule has 0 saturated carbocycles. The van der Waals surface area contributed by atoms with Crippen molar-refractivity contribution in [2.24, 2.45) is 0 Å². The second-order valence-corrected chi connectivity index (χ2v) is 7.25. The first-order valence-corrected chi connectivity index (χ1v) is 10.3. The number of para-hydroxylation sites is 2. The molecule has 2 amide bonds. The molecule has 29 heavy (non-hydrogen) atoms. The fourth-order valence-electron chi connectivity index (χ4n) is 2.90. The van der Waals surface area contributed by atoms with E-state index in [2.05, 4.69) is 21.2 Å². The zero-order valence-corrected chi connectivity index (χ0v) is 17.8. The lowest BCUT2D eigenvalue weighted by Gasteiger charge is -2.30. The fraction of sp³-hybridized carbons (Fsp3) is 0.273. The van der Waals surface area contributed by atoms with Gasteiger partial charge in [0.2, 0.25) is 5.91 Å². The predicted octanol–water partition coefficient (Wildman–Crippen LogP) is 3.76. The highest BCUT2D eigenvalue weighted by Crippen LogP contribution is 2.35. The Labute approximate surface area is 178 Å². The summed E-state index contributed by atoms with van der Waals surface area (Å²) in [6, 6.07) is 14.7. The van der Waals surface area contributed by atoms with Crippen LogP contribution in [-0.2, 0) is 14.3 Å². The number of nitrogens with zero attached hydrogens (tertiary/aromatic N) is 1. The first-order valence-electron chi connectivity index (χ1n) is 9.49. The molecule has 0 radical (unpaired) electrons. The molecule has 2 aromatic carbocycles. The van der Waals surface area contributed by atoms with E-state index in [0.29, 0.717) is 31.2 Å². The van der Waals surface area contributed by atoms with Crippen LogP contribution in [0.5, 0.6) is 5.75 Å². The van der Waals surface area contributed by atoms with Crippen LogP contribution < -0.4 is 15.0 Å². The van der Waals surface area contributed by atoms with Crippen LogP contribution in [0.15, 0.2) is 58.8 Å². The largest absolute Gasteiger partial charge is 0.449 e. The number of benzene rings is 2. The SMILES string of the molecule is CCOCCCNC(=O)CN1C(=O)/C(=C\c2ccccc2Br)Oc2ccccc21. The van der Waals surface area contributed by atoms with Crippen LogP contribution in [0.25, 0.3) is 6.08 Å². The second kappa shape index (κ2) is 10.2. The van der Waals surface area contributed by atoms with Crippen LogP contribution in [0.3, 0.4) is 0 Å². The summed E-state index contributed by atoms with van der Waals surface area (Å²) in [5, 5.41) is 2.83. The fourth-order valence-corrected chi connectivity index (χ4v) is 3.30. The molecular formula is C22H23BrN2O4. The van der Waals surface area contributed by atoms with Crippen LogP contribution in [-0.4, -0.2) is 38.1 Å². The van der Waals surface area contributed by atoms with Gasteiger partial charge in [0, 0.05) is 24.2 Å². The average molecular weight is 459 g/mol. The molecule has 0 atom stereocenters. The van der Waals surface area contributed by atoms with Gasteiger partial charge in [-0.25, -0.2) is 0 Å².